The van der Waals surface area contributed by atoms with Crippen LogP contribution in [-0.4, -0.2) is 5.78 Å². The minimum Gasteiger partial charge on any atom is -0.291 e. The van der Waals surface area contributed by atoms with Gasteiger partial charge in [-0.25, -0.2) is 0 Å². The van der Waals surface area contributed by atoms with Crippen LogP contribution in [0.15, 0.2) is 30.3 Å². The first-order chi connectivity index (χ1) is 9.93. The third-order valence-corrected chi connectivity index (χ3v) is 4.90. The van der Waals surface area contributed by atoms with Crippen LogP contribution in [0.2, 0.25) is 0 Å². The summed E-state index contributed by atoms with van der Waals surface area (Å²) in [5.74, 6) is -0.377. The van der Waals surface area contributed by atoms with Crippen molar-refractivity contribution in [3.05, 3.63) is 56.8 Å². The Morgan fingerprint density at radius 2 is 1.71 bits per heavy atom. The van der Waals surface area contributed by atoms with Crippen molar-refractivity contribution in [1.82, 2.24) is 0 Å². The van der Waals surface area contributed by atoms with Crippen LogP contribution in [0.25, 0.3) is 0 Å². The summed E-state index contributed by atoms with van der Waals surface area (Å²) in [7, 11) is 0. The number of ketones is 1. The summed E-state index contributed by atoms with van der Waals surface area (Å²) in [5, 5.41) is 9.40. The second-order valence-corrected chi connectivity index (χ2v) is 6.85. The van der Waals surface area contributed by atoms with Gasteiger partial charge in [-0.05, 0) is 42.5 Å². The van der Waals surface area contributed by atoms with E-state index in [1.807, 2.05) is 44.2 Å². The van der Waals surface area contributed by atoms with Gasteiger partial charge in [0.25, 0.3) is 0 Å². The first-order valence-electron chi connectivity index (χ1n) is 7.04. The zero-order valence-corrected chi connectivity index (χ0v) is 13.6. The van der Waals surface area contributed by atoms with E-state index in [0.29, 0.717) is 10.8 Å². The fraction of sp³-hybridized carbons (Fsp3) is 0.333. The van der Waals surface area contributed by atoms with E-state index >= 15 is 0 Å². The Morgan fingerprint density at radius 3 is 2.14 bits per heavy atom. The Morgan fingerprint density at radius 1 is 1.14 bits per heavy atom. The van der Waals surface area contributed by atoms with E-state index in [1.54, 1.807) is 0 Å². The van der Waals surface area contributed by atoms with Crippen molar-refractivity contribution in [2.45, 2.75) is 39.5 Å². The van der Waals surface area contributed by atoms with Crippen LogP contribution in [0.1, 0.15) is 56.9 Å². The Hall–Kier alpha value is -1.92. The van der Waals surface area contributed by atoms with Gasteiger partial charge in [0, 0.05) is 4.88 Å². The normalized spacial score (nSPS) is 12.2. The van der Waals surface area contributed by atoms with Gasteiger partial charge in [0.1, 0.15) is 5.92 Å². The number of benzene rings is 1. The molecule has 2 rings (SSSR count). The molecule has 0 aliphatic carbocycles. The number of thiophene rings is 1. The van der Waals surface area contributed by atoms with E-state index in [-0.39, 0.29) is 5.78 Å². The monoisotopic (exact) mass is 297 g/mol. The topological polar surface area (TPSA) is 40.9 Å². The van der Waals surface area contributed by atoms with Gasteiger partial charge in [0.05, 0.1) is 10.9 Å². The van der Waals surface area contributed by atoms with Crippen LogP contribution in [0.4, 0.5) is 0 Å². The molecule has 0 fully saturated rings. The standard InChI is InChI=1S/C18H19NOS/c1-11(2)14-5-7-15(8-6-14)16(10-19)18(20)17-9-12(3)13(4)21-17/h5-9,11,16H,1-4H3. The molecular weight excluding hydrogens is 278 g/mol. The summed E-state index contributed by atoms with van der Waals surface area (Å²) < 4.78 is 0. The second kappa shape index (κ2) is 6.24. The summed E-state index contributed by atoms with van der Waals surface area (Å²) in [6.45, 7) is 8.23. The molecular formula is C18H19NOS. The van der Waals surface area contributed by atoms with Gasteiger partial charge in [0.2, 0.25) is 0 Å². The van der Waals surface area contributed by atoms with Crippen LogP contribution in [-0.2, 0) is 0 Å². The molecule has 108 valence electrons. The number of nitrogens with zero attached hydrogens (tertiary/aromatic N) is 1. The van der Waals surface area contributed by atoms with Crippen LogP contribution >= 0.6 is 11.3 Å². The SMILES string of the molecule is Cc1cc(C(=O)C(C#N)c2ccc(C(C)C)cc2)sc1C. The molecule has 2 nitrogen and oxygen atoms in total. The summed E-state index contributed by atoms with van der Waals surface area (Å²) >= 11 is 1.47. The van der Waals surface area contributed by atoms with Crippen molar-refractivity contribution >= 4 is 17.1 Å². The van der Waals surface area contributed by atoms with Crippen LogP contribution in [0.3, 0.4) is 0 Å². The van der Waals surface area contributed by atoms with Crippen LogP contribution < -0.4 is 0 Å². The van der Waals surface area contributed by atoms with Gasteiger partial charge in [-0.3, -0.25) is 4.79 Å². The highest BCUT2D eigenvalue weighted by Gasteiger charge is 2.23. The fourth-order valence-corrected chi connectivity index (χ4v) is 3.20. The zero-order valence-electron chi connectivity index (χ0n) is 12.8. The van der Waals surface area contributed by atoms with Crippen molar-refractivity contribution in [2.24, 2.45) is 0 Å². The van der Waals surface area contributed by atoms with E-state index in [0.717, 1.165) is 16.0 Å². The lowest BCUT2D eigenvalue weighted by atomic mass is 9.92. The maximum absolute atomic E-state index is 12.5. The van der Waals surface area contributed by atoms with Crippen molar-refractivity contribution in [1.29, 1.82) is 5.26 Å². The molecule has 1 atom stereocenters. The van der Waals surface area contributed by atoms with Gasteiger partial charge in [-0.2, -0.15) is 5.26 Å². The van der Waals surface area contributed by atoms with E-state index in [1.165, 1.54) is 16.9 Å². The molecule has 0 spiro atoms. The molecule has 0 amide bonds. The summed E-state index contributed by atoms with van der Waals surface area (Å²) in [6.07, 6.45) is 0. The molecule has 0 N–H and O–H groups in total. The number of nitriles is 1. The molecule has 0 bridgehead atoms. The molecule has 0 aliphatic rings. The van der Waals surface area contributed by atoms with Crippen LogP contribution in [0.5, 0.6) is 0 Å². The lowest BCUT2D eigenvalue weighted by molar-refractivity contribution is 0.0982. The largest absolute Gasteiger partial charge is 0.291 e. The fourth-order valence-electron chi connectivity index (χ4n) is 2.19. The molecule has 0 saturated carbocycles. The minimum absolute atomic E-state index is 0.101. The number of carbonyl (C=O) groups excluding carboxylic acids is 1. The first kappa shape index (κ1) is 15.5. The number of hydrogen-bond acceptors (Lipinski definition) is 3. The maximum atomic E-state index is 12.5. The average molecular weight is 297 g/mol. The maximum Gasteiger partial charge on any atom is 0.194 e. The van der Waals surface area contributed by atoms with Gasteiger partial charge < -0.3 is 0 Å². The number of aryl methyl sites for hydroxylation is 2. The molecule has 0 radical (unpaired) electrons. The molecule has 3 heteroatoms. The third-order valence-electron chi connectivity index (χ3n) is 3.74. The average Bonchev–Trinajstić information content (AvgIpc) is 2.80. The highest BCUT2D eigenvalue weighted by atomic mass is 32.1. The number of hydrogen-bond donors (Lipinski definition) is 0. The lowest BCUT2D eigenvalue weighted by Crippen LogP contribution is -2.10. The Labute approximate surface area is 130 Å². The molecule has 1 unspecified atom stereocenters. The van der Waals surface area contributed by atoms with E-state index in [4.69, 9.17) is 0 Å². The molecule has 1 aromatic heterocycles. The van der Waals surface area contributed by atoms with Gasteiger partial charge in [0.15, 0.2) is 5.78 Å². The van der Waals surface area contributed by atoms with E-state index in [9.17, 15) is 10.1 Å². The summed E-state index contributed by atoms with van der Waals surface area (Å²) in [4.78, 5) is 14.3. The van der Waals surface area contributed by atoms with E-state index < -0.39 is 5.92 Å². The van der Waals surface area contributed by atoms with Gasteiger partial charge in [-0.1, -0.05) is 38.1 Å². The van der Waals surface area contributed by atoms with E-state index in [2.05, 4.69) is 19.9 Å². The van der Waals surface area contributed by atoms with Crippen molar-refractivity contribution in [3.63, 3.8) is 0 Å². The number of Topliss-reactive ketones (excluding diaryl/α,β-unsaturated/α-hetero) is 1. The van der Waals surface area contributed by atoms with Gasteiger partial charge in [-0.15, -0.1) is 11.3 Å². The van der Waals surface area contributed by atoms with Crippen LogP contribution in [0, 0.1) is 25.2 Å². The highest BCUT2D eigenvalue weighted by Crippen LogP contribution is 2.28. The molecule has 1 aromatic carbocycles. The number of rotatable bonds is 4. The predicted molar refractivity (Wildman–Crippen MR) is 87.0 cm³/mol. The molecule has 0 aliphatic heterocycles. The Bertz CT molecular complexity index is 669. The van der Waals surface area contributed by atoms with Crippen molar-refractivity contribution < 1.29 is 4.79 Å². The smallest absolute Gasteiger partial charge is 0.194 e. The minimum atomic E-state index is -0.719. The third kappa shape index (κ3) is 3.22. The molecule has 21 heavy (non-hydrogen) atoms. The molecule has 2 aromatic rings. The zero-order chi connectivity index (χ0) is 15.6. The molecule has 1 heterocycles. The van der Waals surface area contributed by atoms with Crippen molar-refractivity contribution in [3.8, 4) is 6.07 Å². The first-order valence-corrected chi connectivity index (χ1v) is 7.86. The van der Waals surface area contributed by atoms with Crippen molar-refractivity contribution in [2.75, 3.05) is 0 Å². The highest BCUT2D eigenvalue weighted by molar-refractivity contribution is 7.14. The summed E-state index contributed by atoms with van der Waals surface area (Å²) in [6, 6.07) is 11.8. The lowest BCUT2D eigenvalue weighted by Gasteiger charge is -2.10. The quantitative estimate of drug-likeness (QED) is 0.747. The Kier molecular flexibility index (Phi) is 4.59. The predicted octanol–water partition coefficient (Wildman–Crippen LogP) is 4.98. The molecule has 0 saturated heterocycles. The second-order valence-electron chi connectivity index (χ2n) is 5.60. The number of carbonyl (C=O) groups is 1. The Balaban J connectivity index is 2.31. The van der Waals surface area contributed by atoms with Gasteiger partial charge >= 0.3 is 0 Å². The summed E-state index contributed by atoms with van der Waals surface area (Å²) in [5.41, 5.74) is 3.09.